The van der Waals surface area contributed by atoms with Crippen molar-refractivity contribution in [2.75, 3.05) is 19.6 Å². The zero-order valence-electron chi connectivity index (χ0n) is 17.5. The quantitative estimate of drug-likeness (QED) is 0.651. The molecule has 3 N–H and O–H groups in total. The van der Waals surface area contributed by atoms with Crippen molar-refractivity contribution >= 4 is 22.8 Å². The van der Waals surface area contributed by atoms with Gasteiger partial charge in [0.2, 0.25) is 11.8 Å². The summed E-state index contributed by atoms with van der Waals surface area (Å²) in [4.78, 5) is 31.1. The van der Waals surface area contributed by atoms with Gasteiger partial charge in [0.05, 0.1) is 29.7 Å². The number of carbonyl (C=O) groups is 2. The van der Waals surface area contributed by atoms with Crippen LogP contribution >= 0.6 is 0 Å². The van der Waals surface area contributed by atoms with Crippen molar-refractivity contribution in [2.24, 2.45) is 0 Å². The fraction of sp³-hybridized carbons (Fsp3) is 0.591. The minimum absolute atomic E-state index is 0.00102. The number of benzene rings is 1. The SMILES string of the molecule is CCc1nc2ccccc2n1CCC(=O)N[C@@H]1CCC[C@@H](N2CCNC(=O)C2)[C@@H]1O. The summed E-state index contributed by atoms with van der Waals surface area (Å²) in [5.41, 5.74) is 1.99. The van der Waals surface area contributed by atoms with Crippen LogP contribution in [0.3, 0.4) is 0 Å². The minimum Gasteiger partial charge on any atom is -0.389 e. The van der Waals surface area contributed by atoms with Crippen molar-refractivity contribution in [3.63, 3.8) is 0 Å². The molecule has 2 fully saturated rings. The first kappa shape index (κ1) is 20.8. The third kappa shape index (κ3) is 4.34. The lowest BCUT2D eigenvalue weighted by atomic mass is 9.86. The number of imidazole rings is 1. The summed E-state index contributed by atoms with van der Waals surface area (Å²) in [6.45, 7) is 4.29. The molecule has 2 heterocycles. The number of aliphatic hydroxyl groups excluding tert-OH is 1. The zero-order valence-corrected chi connectivity index (χ0v) is 17.5. The number of aliphatic hydroxyl groups is 1. The second-order valence-electron chi connectivity index (χ2n) is 8.26. The monoisotopic (exact) mass is 413 g/mol. The Kier molecular flexibility index (Phi) is 6.34. The van der Waals surface area contributed by atoms with Crippen LogP contribution in [0.2, 0.25) is 0 Å². The van der Waals surface area contributed by atoms with Crippen LogP contribution in [-0.4, -0.2) is 69.2 Å². The average Bonchev–Trinajstić information content (AvgIpc) is 3.11. The standard InChI is InChI=1S/C22H31N5O3/c1-2-19-24-15-6-3-4-8-17(15)27(19)12-10-20(28)25-16-7-5-9-18(22(16)30)26-13-11-23-21(29)14-26/h3-4,6,8,16,18,22,30H,2,5,7,9-14H2,1H3,(H,23,29)(H,25,28)/t16-,18-,22-/m1/s1. The van der Waals surface area contributed by atoms with E-state index in [1.54, 1.807) is 0 Å². The predicted molar refractivity (Wildman–Crippen MR) is 114 cm³/mol. The highest BCUT2D eigenvalue weighted by molar-refractivity contribution is 5.79. The summed E-state index contributed by atoms with van der Waals surface area (Å²) in [7, 11) is 0. The largest absolute Gasteiger partial charge is 0.389 e. The Balaban J connectivity index is 1.36. The first-order chi connectivity index (χ1) is 14.6. The lowest BCUT2D eigenvalue weighted by Gasteiger charge is -2.42. The number of aryl methyl sites for hydroxylation is 2. The molecule has 8 heteroatoms. The highest BCUT2D eigenvalue weighted by Gasteiger charge is 2.37. The molecule has 3 atom stereocenters. The number of hydrogen-bond acceptors (Lipinski definition) is 5. The molecule has 1 aliphatic carbocycles. The normalized spacial score (nSPS) is 25.3. The molecular formula is C22H31N5O3. The van der Waals surface area contributed by atoms with Gasteiger partial charge >= 0.3 is 0 Å². The molecule has 4 rings (SSSR count). The molecular weight excluding hydrogens is 382 g/mol. The first-order valence-electron chi connectivity index (χ1n) is 11.0. The van der Waals surface area contributed by atoms with Gasteiger partial charge in [-0.1, -0.05) is 19.1 Å². The van der Waals surface area contributed by atoms with Gasteiger partial charge in [-0.15, -0.1) is 0 Å². The molecule has 0 radical (unpaired) electrons. The Hall–Kier alpha value is -2.45. The van der Waals surface area contributed by atoms with Crippen LogP contribution in [-0.2, 0) is 22.6 Å². The lowest BCUT2D eigenvalue weighted by molar-refractivity contribution is -0.128. The first-order valence-corrected chi connectivity index (χ1v) is 11.0. The number of amides is 2. The Bertz CT molecular complexity index is 911. The molecule has 0 spiro atoms. The van der Waals surface area contributed by atoms with Crippen molar-refractivity contribution < 1.29 is 14.7 Å². The number of piperazine rings is 1. The minimum atomic E-state index is -0.658. The summed E-state index contributed by atoms with van der Waals surface area (Å²) >= 11 is 0. The van der Waals surface area contributed by atoms with Crippen LogP contribution in [0.5, 0.6) is 0 Å². The Morgan fingerprint density at radius 2 is 2.17 bits per heavy atom. The van der Waals surface area contributed by atoms with Crippen molar-refractivity contribution in [2.45, 2.75) is 63.8 Å². The van der Waals surface area contributed by atoms with Gasteiger partial charge in [-0.25, -0.2) is 4.98 Å². The molecule has 1 saturated heterocycles. The van der Waals surface area contributed by atoms with Gasteiger partial charge in [-0.2, -0.15) is 0 Å². The van der Waals surface area contributed by atoms with Gasteiger partial charge in [0, 0.05) is 38.5 Å². The molecule has 1 saturated carbocycles. The number of carbonyl (C=O) groups excluding carboxylic acids is 2. The van der Waals surface area contributed by atoms with Gasteiger partial charge in [0.25, 0.3) is 0 Å². The van der Waals surface area contributed by atoms with E-state index in [2.05, 4.69) is 27.1 Å². The Labute approximate surface area is 176 Å². The second kappa shape index (κ2) is 9.14. The highest BCUT2D eigenvalue weighted by Crippen LogP contribution is 2.24. The number of rotatable bonds is 6. The van der Waals surface area contributed by atoms with E-state index in [-0.39, 0.29) is 23.9 Å². The maximum absolute atomic E-state index is 12.7. The van der Waals surface area contributed by atoms with Gasteiger partial charge in [0.15, 0.2) is 0 Å². The van der Waals surface area contributed by atoms with Crippen molar-refractivity contribution in [1.82, 2.24) is 25.1 Å². The van der Waals surface area contributed by atoms with Crippen LogP contribution < -0.4 is 10.6 Å². The molecule has 8 nitrogen and oxygen atoms in total. The molecule has 1 aromatic heterocycles. The molecule has 0 bridgehead atoms. The van der Waals surface area contributed by atoms with Crippen LogP contribution in [0.25, 0.3) is 11.0 Å². The molecule has 0 unspecified atom stereocenters. The van der Waals surface area contributed by atoms with E-state index >= 15 is 0 Å². The fourth-order valence-corrected chi connectivity index (χ4v) is 4.79. The maximum Gasteiger partial charge on any atom is 0.234 e. The van der Waals surface area contributed by atoms with Crippen LogP contribution in [0, 0.1) is 0 Å². The Morgan fingerprint density at radius 1 is 1.33 bits per heavy atom. The zero-order chi connectivity index (χ0) is 21.1. The van der Waals surface area contributed by atoms with Crippen LogP contribution in [0.1, 0.15) is 38.4 Å². The van der Waals surface area contributed by atoms with E-state index in [4.69, 9.17) is 0 Å². The molecule has 2 aromatic rings. The molecule has 2 aliphatic rings. The fourth-order valence-electron chi connectivity index (χ4n) is 4.79. The van der Waals surface area contributed by atoms with E-state index in [0.717, 1.165) is 49.1 Å². The lowest BCUT2D eigenvalue weighted by Crippen LogP contribution is -2.60. The van der Waals surface area contributed by atoms with Gasteiger partial charge in [-0.3, -0.25) is 14.5 Å². The number of aromatic nitrogens is 2. The molecule has 30 heavy (non-hydrogen) atoms. The maximum atomic E-state index is 12.7. The third-order valence-corrected chi connectivity index (χ3v) is 6.32. The average molecular weight is 414 g/mol. The predicted octanol–water partition coefficient (Wildman–Crippen LogP) is 0.819. The van der Waals surface area contributed by atoms with Gasteiger partial charge in [-0.05, 0) is 31.4 Å². The number of nitrogens with zero attached hydrogens (tertiary/aromatic N) is 3. The van der Waals surface area contributed by atoms with Gasteiger partial charge < -0.3 is 20.3 Å². The number of nitrogens with one attached hydrogen (secondary N) is 2. The number of hydrogen-bond donors (Lipinski definition) is 3. The molecule has 162 valence electrons. The number of para-hydroxylation sites is 2. The smallest absolute Gasteiger partial charge is 0.234 e. The molecule has 2 amide bonds. The third-order valence-electron chi connectivity index (χ3n) is 6.32. The van der Waals surface area contributed by atoms with E-state index in [1.807, 2.05) is 29.2 Å². The summed E-state index contributed by atoms with van der Waals surface area (Å²) in [5, 5.41) is 16.8. The molecule has 1 aliphatic heterocycles. The summed E-state index contributed by atoms with van der Waals surface area (Å²) in [6.07, 6.45) is 3.03. The van der Waals surface area contributed by atoms with E-state index in [9.17, 15) is 14.7 Å². The van der Waals surface area contributed by atoms with Crippen molar-refractivity contribution in [1.29, 1.82) is 0 Å². The molecule has 1 aromatic carbocycles. The second-order valence-corrected chi connectivity index (χ2v) is 8.26. The summed E-state index contributed by atoms with van der Waals surface area (Å²) in [5.74, 6) is 0.917. The van der Waals surface area contributed by atoms with Gasteiger partial charge in [0.1, 0.15) is 5.82 Å². The van der Waals surface area contributed by atoms with Crippen molar-refractivity contribution in [3.05, 3.63) is 30.1 Å². The topological polar surface area (TPSA) is 99.5 Å². The van der Waals surface area contributed by atoms with E-state index < -0.39 is 6.10 Å². The van der Waals surface area contributed by atoms with E-state index in [0.29, 0.717) is 26.1 Å². The van der Waals surface area contributed by atoms with Crippen LogP contribution in [0.15, 0.2) is 24.3 Å². The number of fused-ring (bicyclic) bond motifs is 1. The highest BCUT2D eigenvalue weighted by atomic mass is 16.3. The van der Waals surface area contributed by atoms with Crippen molar-refractivity contribution in [3.8, 4) is 0 Å². The Morgan fingerprint density at radius 3 is 2.97 bits per heavy atom. The summed E-state index contributed by atoms with van der Waals surface area (Å²) in [6, 6.07) is 7.62. The summed E-state index contributed by atoms with van der Waals surface area (Å²) < 4.78 is 2.11. The van der Waals surface area contributed by atoms with Crippen LogP contribution in [0.4, 0.5) is 0 Å². The van der Waals surface area contributed by atoms with E-state index in [1.165, 1.54) is 0 Å².